The molecule has 0 fully saturated rings. The predicted molar refractivity (Wildman–Crippen MR) is 104 cm³/mol. The van der Waals surface area contributed by atoms with Crippen molar-refractivity contribution in [3.8, 4) is 0 Å². The summed E-state index contributed by atoms with van der Waals surface area (Å²) in [6.07, 6.45) is 0. The second kappa shape index (κ2) is 6.41. The van der Waals surface area contributed by atoms with Crippen LogP contribution in [0.1, 0.15) is 18.1 Å². The van der Waals surface area contributed by atoms with Crippen LogP contribution in [0.4, 0.5) is 0 Å². The molecule has 2 heterocycles. The highest BCUT2D eigenvalue weighted by molar-refractivity contribution is 7.98. The van der Waals surface area contributed by atoms with E-state index in [1.807, 2.05) is 43.3 Å². The average molecular weight is 349 g/mol. The lowest BCUT2D eigenvalue weighted by molar-refractivity contribution is 0.634. The number of para-hydroxylation sites is 1. The Bertz CT molecular complexity index is 1130. The van der Waals surface area contributed by atoms with E-state index in [1.165, 1.54) is 11.1 Å². The summed E-state index contributed by atoms with van der Waals surface area (Å²) in [5, 5.41) is 1.77. The molecular formula is C20H19N3OS. The zero-order valence-electron chi connectivity index (χ0n) is 14.2. The predicted octanol–water partition coefficient (Wildman–Crippen LogP) is 4.50. The number of H-pyrrole nitrogens is 1. The van der Waals surface area contributed by atoms with Crippen molar-refractivity contribution in [2.24, 2.45) is 0 Å². The Kier molecular flexibility index (Phi) is 4.09. The quantitative estimate of drug-likeness (QED) is 0.436. The topological polar surface area (TPSA) is 50.7 Å². The van der Waals surface area contributed by atoms with E-state index in [1.54, 1.807) is 16.3 Å². The van der Waals surface area contributed by atoms with E-state index in [4.69, 9.17) is 4.98 Å². The SMILES string of the molecule is CCn1c(SCc2ccccc2C)nc2c([nH]c3ccccc32)c1=O. The Morgan fingerprint density at radius 2 is 1.88 bits per heavy atom. The highest BCUT2D eigenvalue weighted by atomic mass is 32.2. The van der Waals surface area contributed by atoms with Crippen LogP contribution >= 0.6 is 11.8 Å². The molecule has 2 aromatic heterocycles. The number of rotatable bonds is 4. The maximum absolute atomic E-state index is 12.9. The van der Waals surface area contributed by atoms with Gasteiger partial charge in [0.05, 0.1) is 0 Å². The number of hydrogen-bond donors (Lipinski definition) is 1. The molecule has 0 aliphatic rings. The van der Waals surface area contributed by atoms with Crippen LogP contribution in [0.15, 0.2) is 58.5 Å². The van der Waals surface area contributed by atoms with Gasteiger partial charge in [0.1, 0.15) is 11.0 Å². The molecule has 1 N–H and O–H groups in total. The molecule has 0 saturated carbocycles. The molecule has 0 spiro atoms. The molecule has 4 aromatic rings. The Morgan fingerprint density at radius 3 is 2.68 bits per heavy atom. The van der Waals surface area contributed by atoms with Gasteiger partial charge in [-0.05, 0) is 31.0 Å². The van der Waals surface area contributed by atoms with Crippen molar-refractivity contribution in [2.75, 3.05) is 0 Å². The van der Waals surface area contributed by atoms with Crippen LogP contribution in [0.5, 0.6) is 0 Å². The van der Waals surface area contributed by atoms with Gasteiger partial charge in [0, 0.05) is 23.2 Å². The highest BCUT2D eigenvalue weighted by Gasteiger charge is 2.15. The van der Waals surface area contributed by atoms with Crippen LogP contribution in [0.2, 0.25) is 0 Å². The molecule has 0 aliphatic heterocycles. The largest absolute Gasteiger partial charge is 0.349 e. The molecule has 25 heavy (non-hydrogen) atoms. The normalized spacial score (nSPS) is 11.4. The number of aromatic nitrogens is 3. The fourth-order valence-electron chi connectivity index (χ4n) is 3.08. The van der Waals surface area contributed by atoms with Crippen LogP contribution in [0, 0.1) is 6.92 Å². The third kappa shape index (κ3) is 2.74. The van der Waals surface area contributed by atoms with Gasteiger partial charge in [-0.1, -0.05) is 54.2 Å². The van der Waals surface area contributed by atoms with Crippen molar-refractivity contribution in [1.29, 1.82) is 0 Å². The van der Waals surface area contributed by atoms with Crippen molar-refractivity contribution in [1.82, 2.24) is 14.5 Å². The highest BCUT2D eigenvalue weighted by Crippen LogP contribution is 2.27. The fraction of sp³-hybridized carbons (Fsp3) is 0.200. The summed E-state index contributed by atoms with van der Waals surface area (Å²) >= 11 is 1.62. The molecule has 0 aliphatic carbocycles. The zero-order valence-corrected chi connectivity index (χ0v) is 15.1. The van der Waals surface area contributed by atoms with Gasteiger partial charge in [-0.15, -0.1) is 0 Å². The van der Waals surface area contributed by atoms with Crippen LogP contribution in [0.25, 0.3) is 21.9 Å². The van der Waals surface area contributed by atoms with E-state index in [0.717, 1.165) is 27.3 Å². The third-order valence-electron chi connectivity index (χ3n) is 4.51. The monoisotopic (exact) mass is 349 g/mol. The summed E-state index contributed by atoms with van der Waals surface area (Å²) in [5.41, 5.74) is 4.82. The molecule has 0 amide bonds. The number of benzene rings is 2. The second-order valence-electron chi connectivity index (χ2n) is 6.05. The van der Waals surface area contributed by atoms with Crippen molar-refractivity contribution in [2.45, 2.75) is 31.3 Å². The Balaban J connectivity index is 1.83. The zero-order chi connectivity index (χ0) is 17.4. The first-order valence-electron chi connectivity index (χ1n) is 8.37. The molecular weight excluding hydrogens is 330 g/mol. The third-order valence-corrected chi connectivity index (χ3v) is 5.54. The lowest BCUT2D eigenvalue weighted by Gasteiger charge is -2.10. The number of aromatic amines is 1. The minimum Gasteiger partial charge on any atom is -0.349 e. The molecule has 0 radical (unpaired) electrons. The van der Waals surface area contributed by atoms with E-state index in [-0.39, 0.29) is 5.56 Å². The van der Waals surface area contributed by atoms with Gasteiger partial charge in [0.2, 0.25) is 0 Å². The van der Waals surface area contributed by atoms with Crippen molar-refractivity contribution < 1.29 is 0 Å². The molecule has 4 nitrogen and oxygen atoms in total. The van der Waals surface area contributed by atoms with Gasteiger partial charge in [0.25, 0.3) is 5.56 Å². The van der Waals surface area contributed by atoms with E-state index < -0.39 is 0 Å². The number of hydrogen-bond acceptors (Lipinski definition) is 3. The van der Waals surface area contributed by atoms with Gasteiger partial charge in [0.15, 0.2) is 5.16 Å². The number of nitrogens with one attached hydrogen (secondary N) is 1. The van der Waals surface area contributed by atoms with Crippen LogP contribution in [0.3, 0.4) is 0 Å². The first-order valence-corrected chi connectivity index (χ1v) is 9.36. The summed E-state index contributed by atoms with van der Waals surface area (Å²) in [5.74, 6) is 0.799. The number of aryl methyl sites for hydroxylation is 1. The Hall–Kier alpha value is -2.53. The summed E-state index contributed by atoms with van der Waals surface area (Å²) in [7, 11) is 0. The number of nitrogens with zero attached hydrogens (tertiary/aromatic N) is 2. The van der Waals surface area contributed by atoms with Crippen molar-refractivity contribution in [3.63, 3.8) is 0 Å². The van der Waals surface area contributed by atoms with Crippen molar-refractivity contribution >= 4 is 33.7 Å². The molecule has 0 bridgehead atoms. The molecule has 0 atom stereocenters. The average Bonchev–Trinajstić information content (AvgIpc) is 3.00. The molecule has 5 heteroatoms. The van der Waals surface area contributed by atoms with Crippen molar-refractivity contribution in [3.05, 3.63) is 70.0 Å². The van der Waals surface area contributed by atoms with Gasteiger partial charge in [-0.2, -0.15) is 0 Å². The minimum absolute atomic E-state index is 0.00372. The Labute approximate surface area is 149 Å². The maximum Gasteiger partial charge on any atom is 0.278 e. The second-order valence-corrected chi connectivity index (χ2v) is 7.00. The lowest BCUT2D eigenvalue weighted by Crippen LogP contribution is -2.22. The maximum atomic E-state index is 12.9. The summed E-state index contributed by atoms with van der Waals surface area (Å²) in [6, 6.07) is 16.3. The summed E-state index contributed by atoms with van der Waals surface area (Å²) in [6.45, 7) is 4.70. The smallest absolute Gasteiger partial charge is 0.278 e. The number of thioether (sulfide) groups is 1. The molecule has 126 valence electrons. The number of fused-ring (bicyclic) bond motifs is 3. The van der Waals surface area contributed by atoms with Gasteiger partial charge < -0.3 is 4.98 Å². The fourth-order valence-corrected chi connectivity index (χ4v) is 4.21. The first-order chi connectivity index (χ1) is 12.2. The van der Waals surface area contributed by atoms with Gasteiger partial charge in [-0.3, -0.25) is 9.36 Å². The molecule has 0 unspecified atom stereocenters. The summed E-state index contributed by atoms with van der Waals surface area (Å²) < 4.78 is 1.75. The van der Waals surface area contributed by atoms with E-state index in [0.29, 0.717) is 12.1 Å². The van der Waals surface area contributed by atoms with Crippen LogP contribution in [-0.4, -0.2) is 14.5 Å². The van der Waals surface area contributed by atoms with E-state index in [9.17, 15) is 4.79 Å². The first kappa shape index (κ1) is 16.0. The van der Waals surface area contributed by atoms with Crippen LogP contribution < -0.4 is 5.56 Å². The molecule has 2 aromatic carbocycles. The lowest BCUT2D eigenvalue weighted by atomic mass is 10.1. The van der Waals surface area contributed by atoms with E-state index >= 15 is 0 Å². The standard InChI is InChI=1S/C20H19N3OS/c1-3-23-19(24)18-17(15-10-6-7-11-16(15)21-18)22-20(23)25-12-14-9-5-4-8-13(14)2/h4-11,21H,3,12H2,1-2H3. The molecule has 4 rings (SSSR count). The van der Waals surface area contributed by atoms with Crippen LogP contribution in [-0.2, 0) is 12.3 Å². The summed E-state index contributed by atoms with van der Waals surface area (Å²) in [4.78, 5) is 21.0. The Morgan fingerprint density at radius 1 is 1.12 bits per heavy atom. The molecule has 0 saturated heterocycles. The van der Waals surface area contributed by atoms with E-state index in [2.05, 4.69) is 24.0 Å². The minimum atomic E-state index is -0.00372. The van der Waals surface area contributed by atoms with Gasteiger partial charge in [-0.25, -0.2) is 4.98 Å². The van der Waals surface area contributed by atoms with Gasteiger partial charge >= 0.3 is 0 Å².